The molecule has 2 aromatic rings. The molecule has 8 heteroatoms. The third-order valence-electron chi connectivity index (χ3n) is 7.20. The zero-order chi connectivity index (χ0) is 26.6. The van der Waals surface area contributed by atoms with E-state index >= 15 is 0 Å². The Morgan fingerprint density at radius 2 is 1.67 bits per heavy atom. The summed E-state index contributed by atoms with van der Waals surface area (Å²) in [5.41, 5.74) is 4.76. The van der Waals surface area contributed by atoms with Crippen molar-refractivity contribution in [2.45, 2.75) is 71.6 Å². The Balaban J connectivity index is 1.89. The second-order valence-corrected chi connectivity index (χ2v) is 12.4. The topological polar surface area (TPSA) is 29.5 Å². The van der Waals surface area contributed by atoms with E-state index in [-0.39, 0.29) is 22.5 Å². The predicted octanol–water partition coefficient (Wildman–Crippen LogP) is 8.13. The van der Waals surface area contributed by atoms with Gasteiger partial charge in [0.25, 0.3) is 5.91 Å². The van der Waals surface area contributed by atoms with Crippen molar-refractivity contribution in [1.82, 2.24) is 4.90 Å². The van der Waals surface area contributed by atoms with Crippen LogP contribution in [-0.2, 0) is 15.6 Å². The van der Waals surface area contributed by atoms with Crippen molar-refractivity contribution in [3.8, 4) is 16.9 Å². The van der Waals surface area contributed by atoms with Crippen LogP contribution in [0.25, 0.3) is 17.2 Å². The lowest BCUT2D eigenvalue weighted by atomic mass is 9.62. The Morgan fingerprint density at radius 3 is 2.22 bits per heavy atom. The minimum atomic E-state index is -4.83. The first kappa shape index (κ1) is 26.7. The number of thiocarbonyl (C=S) groups is 1. The third-order valence-corrected chi connectivity index (χ3v) is 8.58. The molecule has 0 N–H and O–H groups in total. The van der Waals surface area contributed by atoms with E-state index in [1.54, 1.807) is 12.1 Å². The van der Waals surface area contributed by atoms with Crippen molar-refractivity contribution >= 4 is 40.3 Å². The highest BCUT2D eigenvalue weighted by Gasteiger charge is 2.38. The molecule has 192 valence electrons. The van der Waals surface area contributed by atoms with Gasteiger partial charge >= 0.3 is 6.36 Å². The minimum Gasteiger partial charge on any atom is -0.405 e. The van der Waals surface area contributed by atoms with Crippen LogP contribution < -0.4 is 4.74 Å². The average Bonchev–Trinajstić information content (AvgIpc) is 3.03. The van der Waals surface area contributed by atoms with Crippen LogP contribution in [0.15, 0.2) is 35.2 Å². The Kier molecular flexibility index (Phi) is 6.84. The maximum absolute atomic E-state index is 13.3. The molecule has 0 atom stereocenters. The van der Waals surface area contributed by atoms with Gasteiger partial charge in [-0.15, -0.1) is 13.2 Å². The zero-order valence-electron chi connectivity index (χ0n) is 21.3. The summed E-state index contributed by atoms with van der Waals surface area (Å²) in [4.78, 5) is 14.6. The fraction of sp³-hybridized carbons (Fsp3) is 0.429. The molecule has 1 saturated heterocycles. The second kappa shape index (κ2) is 9.21. The van der Waals surface area contributed by atoms with Gasteiger partial charge in [-0.25, -0.2) is 0 Å². The van der Waals surface area contributed by atoms with Crippen LogP contribution >= 0.6 is 24.0 Å². The third kappa shape index (κ3) is 5.07. The molecule has 1 fully saturated rings. The van der Waals surface area contributed by atoms with E-state index in [9.17, 15) is 18.0 Å². The first-order valence-corrected chi connectivity index (χ1v) is 13.2. The van der Waals surface area contributed by atoms with E-state index in [0.717, 1.165) is 24.0 Å². The van der Waals surface area contributed by atoms with Crippen LogP contribution in [0, 0.1) is 6.92 Å². The molecular weight excluding hydrogens is 503 g/mol. The number of hydrogen-bond acceptors (Lipinski definition) is 4. The molecule has 1 heterocycles. The summed E-state index contributed by atoms with van der Waals surface area (Å²) in [5, 5.41) is 0. The highest BCUT2D eigenvalue weighted by Crippen LogP contribution is 2.49. The standard InChI is InChI=1S/C28H30F3NO2S2/c1-7-32-24(33)23(36-25(32)35)14-17-8-9-22(34-28(29,30)31)19(13-17)18-15-21-20(12-16(18)2)26(3,4)10-11-27(21,5)6/h8-9,12-15H,7,10-11H2,1-6H3/b23-14+. The van der Waals surface area contributed by atoms with Crippen LogP contribution in [0.3, 0.4) is 0 Å². The molecule has 2 aromatic carbocycles. The Morgan fingerprint density at radius 1 is 1.06 bits per heavy atom. The van der Waals surface area contributed by atoms with Gasteiger partial charge in [-0.2, -0.15) is 0 Å². The van der Waals surface area contributed by atoms with Crippen molar-refractivity contribution in [3.63, 3.8) is 0 Å². The normalized spacial score (nSPS) is 20.1. The molecule has 0 saturated carbocycles. The highest BCUT2D eigenvalue weighted by molar-refractivity contribution is 8.26. The number of alkyl halides is 3. The van der Waals surface area contributed by atoms with Crippen molar-refractivity contribution in [2.75, 3.05) is 6.54 Å². The number of carbonyl (C=O) groups is 1. The Labute approximate surface area is 220 Å². The van der Waals surface area contributed by atoms with Gasteiger partial charge in [-0.05, 0) is 89.6 Å². The molecule has 0 spiro atoms. The molecule has 36 heavy (non-hydrogen) atoms. The second-order valence-electron chi connectivity index (χ2n) is 10.7. The highest BCUT2D eigenvalue weighted by atomic mass is 32.2. The van der Waals surface area contributed by atoms with Crippen LogP contribution in [0.5, 0.6) is 5.75 Å². The van der Waals surface area contributed by atoms with Crippen LogP contribution in [0.2, 0.25) is 0 Å². The van der Waals surface area contributed by atoms with Gasteiger partial charge < -0.3 is 4.74 Å². The van der Waals surface area contributed by atoms with E-state index in [1.165, 1.54) is 34.4 Å². The first-order chi connectivity index (χ1) is 16.6. The fourth-order valence-electron chi connectivity index (χ4n) is 5.00. The summed E-state index contributed by atoms with van der Waals surface area (Å²) in [6.45, 7) is 13.0. The van der Waals surface area contributed by atoms with E-state index < -0.39 is 6.36 Å². The molecule has 1 aliphatic carbocycles. The lowest BCUT2D eigenvalue weighted by Crippen LogP contribution is -2.34. The molecule has 1 amide bonds. The molecule has 2 aliphatic rings. The van der Waals surface area contributed by atoms with E-state index in [2.05, 4.69) is 38.5 Å². The molecule has 4 rings (SSSR count). The lowest BCUT2D eigenvalue weighted by Gasteiger charge is -2.42. The number of aryl methyl sites for hydroxylation is 1. The molecule has 0 unspecified atom stereocenters. The summed E-state index contributed by atoms with van der Waals surface area (Å²) in [7, 11) is 0. The van der Waals surface area contributed by atoms with Crippen molar-refractivity contribution in [3.05, 3.63) is 57.5 Å². The molecular formula is C28H30F3NO2S2. The summed E-state index contributed by atoms with van der Waals surface area (Å²) in [5.74, 6) is -0.463. The van der Waals surface area contributed by atoms with E-state index in [1.807, 2.05) is 19.9 Å². The number of nitrogens with zero attached hydrogens (tertiary/aromatic N) is 1. The SMILES string of the molecule is CCN1C(=O)/C(=C\c2ccc(OC(F)(F)F)c(-c3cc4c(cc3C)C(C)(C)CCC4(C)C)c2)SC1=S. The summed E-state index contributed by atoms with van der Waals surface area (Å²) in [6.07, 6.45) is -1.12. The summed E-state index contributed by atoms with van der Waals surface area (Å²) >= 11 is 6.48. The molecule has 0 radical (unpaired) electrons. The van der Waals surface area contributed by atoms with E-state index in [0.29, 0.717) is 32.5 Å². The predicted molar refractivity (Wildman–Crippen MR) is 144 cm³/mol. The summed E-state index contributed by atoms with van der Waals surface area (Å²) < 4.78 is 44.9. The molecule has 3 nitrogen and oxygen atoms in total. The number of likely N-dealkylation sites (N-methyl/N-ethyl adjacent to an activating group) is 1. The number of halogens is 3. The van der Waals surface area contributed by atoms with Gasteiger partial charge in [0.05, 0.1) is 4.91 Å². The average molecular weight is 534 g/mol. The smallest absolute Gasteiger partial charge is 0.405 e. The maximum atomic E-state index is 13.3. The fourth-order valence-corrected chi connectivity index (χ4v) is 6.38. The number of thioether (sulfide) groups is 1. The van der Waals surface area contributed by atoms with Crippen LogP contribution in [-0.4, -0.2) is 28.0 Å². The van der Waals surface area contributed by atoms with Gasteiger partial charge in [0.1, 0.15) is 10.1 Å². The van der Waals surface area contributed by atoms with Gasteiger partial charge in [0.2, 0.25) is 0 Å². The molecule has 0 bridgehead atoms. The van der Waals surface area contributed by atoms with Crippen LogP contribution in [0.1, 0.15) is 69.7 Å². The zero-order valence-corrected chi connectivity index (χ0v) is 22.9. The number of benzene rings is 2. The Bertz CT molecular complexity index is 1280. The first-order valence-electron chi connectivity index (χ1n) is 11.9. The largest absolute Gasteiger partial charge is 0.573 e. The van der Waals surface area contributed by atoms with Gasteiger partial charge in [0.15, 0.2) is 0 Å². The quantitative estimate of drug-likeness (QED) is 0.293. The maximum Gasteiger partial charge on any atom is 0.573 e. The van der Waals surface area contributed by atoms with Crippen molar-refractivity contribution < 1.29 is 22.7 Å². The van der Waals surface area contributed by atoms with E-state index in [4.69, 9.17) is 12.2 Å². The van der Waals surface area contributed by atoms with Crippen molar-refractivity contribution in [2.24, 2.45) is 0 Å². The molecule has 0 aromatic heterocycles. The number of amides is 1. The number of rotatable bonds is 4. The molecule has 1 aliphatic heterocycles. The number of fused-ring (bicyclic) bond motifs is 1. The number of carbonyl (C=O) groups excluding carboxylic acids is 1. The van der Waals surface area contributed by atoms with Crippen molar-refractivity contribution in [1.29, 1.82) is 0 Å². The van der Waals surface area contributed by atoms with Crippen LogP contribution in [0.4, 0.5) is 13.2 Å². The van der Waals surface area contributed by atoms with Gasteiger partial charge in [0, 0.05) is 12.1 Å². The van der Waals surface area contributed by atoms with Gasteiger partial charge in [-0.1, -0.05) is 63.8 Å². The number of hydrogen-bond donors (Lipinski definition) is 0. The van der Waals surface area contributed by atoms with Gasteiger partial charge in [-0.3, -0.25) is 9.69 Å². The number of ether oxygens (including phenoxy) is 1. The summed E-state index contributed by atoms with van der Waals surface area (Å²) in [6, 6.07) is 8.66. The Hall–Kier alpha value is -2.32. The minimum absolute atomic E-state index is 0.0185. The monoisotopic (exact) mass is 533 g/mol. The lowest BCUT2D eigenvalue weighted by molar-refractivity contribution is -0.274.